The standard InChI is InChI=1S/C13H15F3N4/c14-13(15,16)11-5-3-10(4-6-11)8-20-9-12(18-19-20)2-1-7-17/h3-6,9H,1-2,7-8,17H2. The van der Waals surface area contributed by atoms with Gasteiger partial charge in [-0.25, -0.2) is 4.68 Å². The summed E-state index contributed by atoms with van der Waals surface area (Å²) in [5.41, 5.74) is 6.34. The van der Waals surface area contributed by atoms with Crippen LogP contribution in [0.1, 0.15) is 23.2 Å². The lowest BCUT2D eigenvalue weighted by Crippen LogP contribution is -2.05. The van der Waals surface area contributed by atoms with Crippen molar-refractivity contribution >= 4 is 0 Å². The van der Waals surface area contributed by atoms with Crippen molar-refractivity contribution in [1.82, 2.24) is 15.0 Å². The zero-order valence-electron chi connectivity index (χ0n) is 10.8. The highest BCUT2D eigenvalue weighted by molar-refractivity contribution is 5.24. The second-order valence-electron chi connectivity index (χ2n) is 4.49. The fourth-order valence-electron chi connectivity index (χ4n) is 1.80. The van der Waals surface area contributed by atoms with Gasteiger partial charge in [-0.3, -0.25) is 0 Å². The summed E-state index contributed by atoms with van der Waals surface area (Å²) in [4.78, 5) is 0. The maximum atomic E-state index is 12.4. The average Bonchev–Trinajstić information content (AvgIpc) is 2.83. The SMILES string of the molecule is NCCCc1cn(Cc2ccc(C(F)(F)F)cc2)nn1. The van der Waals surface area contributed by atoms with E-state index in [4.69, 9.17) is 5.73 Å². The molecule has 0 spiro atoms. The van der Waals surface area contributed by atoms with E-state index in [0.717, 1.165) is 36.2 Å². The Morgan fingerprint density at radius 2 is 1.85 bits per heavy atom. The minimum absolute atomic E-state index is 0.397. The first-order valence-electron chi connectivity index (χ1n) is 6.24. The van der Waals surface area contributed by atoms with Crippen LogP contribution >= 0.6 is 0 Å². The van der Waals surface area contributed by atoms with E-state index >= 15 is 0 Å². The van der Waals surface area contributed by atoms with E-state index in [-0.39, 0.29) is 0 Å². The molecule has 20 heavy (non-hydrogen) atoms. The lowest BCUT2D eigenvalue weighted by molar-refractivity contribution is -0.137. The highest BCUT2D eigenvalue weighted by Crippen LogP contribution is 2.29. The summed E-state index contributed by atoms with van der Waals surface area (Å²) in [5, 5.41) is 7.92. The lowest BCUT2D eigenvalue weighted by atomic mass is 10.1. The largest absolute Gasteiger partial charge is 0.416 e. The number of hydrogen-bond donors (Lipinski definition) is 1. The number of aromatic nitrogens is 3. The minimum atomic E-state index is -4.30. The van der Waals surface area contributed by atoms with Crippen LogP contribution in [0.4, 0.5) is 13.2 Å². The maximum absolute atomic E-state index is 12.4. The molecule has 7 heteroatoms. The second-order valence-corrected chi connectivity index (χ2v) is 4.49. The van der Waals surface area contributed by atoms with Crippen molar-refractivity contribution < 1.29 is 13.2 Å². The van der Waals surface area contributed by atoms with E-state index in [1.165, 1.54) is 12.1 Å². The highest BCUT2D eigenvalue weighted by atomic mass is 19.4. The maximum Gasteiger partial charge on any atom is 0.416 e. The van der Waals surface area contributed by atoms with Crippen molar-refractivity contribution in [2.45, 2.75) is 25.6 Å². The van der Waals surface area contributed by atoms with Crippen LogP contribution in [0.2, 0.25) is 0 Å². The molecule has 0 aliphatic carbocycles. The summed E-state index contributed by atoms with van der Waals surface area (Å²) in [7, 11) is 0. The molecular weight excluding hydrogens is 269 g/mol. The Labute approximate surface area is 114 Å². The molecular formula is C13H15F3N4. The molecule has 0 fully saturated rings. The number of halogens is 3. The molecule has 0 aliphatic heterocycles. The summed E-state index contributed by atoms with van der Waals surface area (Å²) in [6.45, 7) is 0.986. The van der Waals surface area contributed by atoms with E-state index in [9.17, 15) is 13.2 Å². The van der Waals surface area contributed by atoms with Crippen LogP contribution in [0.25, 0.3) is 0 Å². The minimum Gasteiger partial charge on any atom is -0.330 e. The van der Waals surface area contributed by atoms with Gasteiger partial charge < -0.3 is 5.73 Å². The van der Waals surface area contributed by atoms with Gasteiger partial charge in [-0.15, -0.1) is 5.10 Å². The molecule has 0 bridgehead atoms. The molecule has 0 saturated carbocycles. The topological polar surface area (TPSA) is 56.7 Å². The highest BCUT2D eigenvalue weighted by Gasteiger charge is 2.29. The van der Waals surface area contributed by atoms with E-state index in [2.05, 4.69) is 10.3 Å². The Morgan fingerprint density at radius 1 is 1.15 bits per heavy atom. The molecule has 0 aliphatic rings. The molecule has 0 atom stereocenters. The number of benzene rings is 1. The first kappa shape index (κ1) is 14.5. The zero-order valence-corrected chi connectivity index (χ0v) is 10.8. The summed E-state index contributed by atoms with van der Waals surface area (Å²) in [6, 6.07) is 5.04. The van der Waals surface area contributed by atoms with Crippen LogP contribution in [-0.4, -0.2) is 21.5 Å². The second kappa shape index (κ2) is 6.04. The predicted molar refractivity (Wildman–Crippen MR) is 67.9 cm³/mol. The number of nitrogens with zero attached hydrogens (tertiary/aromatic N) is 3. The number of rotatable bonds is 5. The van der Waals surface area contributed by atoms with Crippen molar-refractivity contribution in [1.29, 1.82) is 0 Å². The number of aryl methyl sites for hydroxylation is 1. The Hall–Kier alpha value is -1.89. The summed E-state index contributed by atoms with van der Waals surface area (Å²) < 4.78 is 38.9. The summed E-state index contributed by atoms with van der Waals surface area (Å²) in [5.74, 6) is 0. The van der Waals surface area contributed by atoms with Crippen LogP contribution in [0.5, 0.6) is 0 Å². The van der Waals surface area contributed by atoms with Crippen LogP contribution < -0.4 is 5.73 Å². The summed E-state index contributed by atoms with van der Waals surface area (Å²) in [6.07, 6.45) is -0.934. The van der Waals surface area contributed by atoms with Gasteiger partial charge in [0.05, 0.1) is 17.8 Å². The molecule has 0 saturated heterocycles. The molecule has 108 valence electrons. The van der Waals surface area contributed by atoms with Gasteiger partial charge >= 0.3 is 6.18 Å². The van der Waals surface area contributed by atoms with Gasteiger partial charge in [-0.2, -0.15) is 13.2 Å². The number of nitrogens with two attached hydrogens (primary N) is 1. The molecule has 2 aromatic rings. The fraction of sp³-hybridized carbons (Fsp3) is 0.385. The van der Waals surface area contributed by atoms with Gasteiger partial charge in [0.25, 0.3) is 0 Å². The number of hydrogen-bond acceptors (Lipinski definition) is 3. The molecule has 2 rings (SSSR count). The van der Waals surface area contributed by atoms with Gasteiger partial charge in [-0.05, 0) is 37.1 Å². The molecule has 4 nitrogen and oxygen atoms in total. The van der Waals surface area contributed by atoms with E-state index in [1.807, 2.05) is 0 Å². The Bertz CT molecular complexity index is 545. The Balaban J connectivity index is 2.01. The average molecular weight is 284 g/mol. The Morgan fingerprint density at radius 3 is 2.45 bits per heavy atom. The molecule has 1 aromatic heterocycles. The molecule has 1 aromatic carbocycles. The van der Waals surface area contributed by atoms with Crippen molar-refractivity contribution in [3.8, 4) is 0 Å². The predicted octanol–water partition coefficient (Wildman–Crippen LogP) is 2.24. The van der Waals surface area contributed by atoms with Crippen molar-refractivity contribution in [2.75, 3.05) is 6.54 Å². The first-order valence-corrected chi connectivity index (χ1v) is 6.24. The fourth-order valence-corrected chi connectivity index (χ4v) is 1.80. The number of alkyl halides is 3. The van der Waals surface area contributed by atoms with Crippen LogP contribution in [0.3, 0.4) is 0 Å². The molecule has 0 amide bonds. The van der Waals surface area contributed by atoms with Crippen molar-refractivity contribution in [3.05, 3.63) is 47.3 Å². The molecule has 2 N–H and O–H groups in total. The third-order valence-corrected chi connectivity index (χ3v) is 2.85. The normalized spacial score (nSPS) is 11.8. The Kier molecular flexibility index (Phi) is 4.39. The van der Waals surface area contributed by atoms with Crippen LogP contribution in [0, 0.1) is 0 Å². The van der Waals surface area contributed by atoms with E-state index in [1.54, 1.807) is 10.9 Å². The van der Waals surface area contributed by atoms with E-state index < -0.39 is 11.7 Å². The van der Waals surface area contributed by atoms with Gasteiger partial charge in [-0.1, -0.05) is 17.3 Å². The van der Waals surface area contributed by atoms with Crippen molar-refractivity contribution in [3.63, 3.8) is 0 Å². The third-order valence-electron chi connectivity index (χ3n) is 2.85. The monoisotopic (exact) mass is 284 g/mol. The smallest absolute Gasteiger partial charge is 0.330 e. The van der Waals surface area contributed by atoms with Gasteiger partial charge in [0.1, 0.15) is 0 Å². The van der Waals surface area contributed by atoms with Crippen LogP contribution in [-0.2, 0) is 19.1 Å². The molecule has 1 heterocycles. The van der Waals surface area contributed by atoms with Crippen LogP contribution in [0.15, 0.2) is 30.5 Å². The molecule has 0 unspecified atom stereocenters. The lowest BCUT2D eigenvalue weighted by Gasteiger charge is -2.07. The van der Waals surface area contributed by atoms with E-state index in [0.29, 0.717) is 13.1 Å². The quantitative estimate of drug-likeness (QED) is 0.916. The molecule has 0 radical (unpaired) electrons. The van der Waals surface area contributed by atoms with Gasteiger partial charge in [0, 0.05) is 6.20 Å². The zero-order chi connectivity index (χ0) is 14.6. The van der Waals surface area contributed by atoms with Gasteiger partial charge in [0.2, 0.25) is 0 Å². The first-order chi connectivity index (χ1) is 9.49. The summed E-state index contributed by atoms with van der Waals surface area (Å²) >= 11 is 0. The third kappa shape index (κ3) is 3.80. The van der Waals surface area contributed by atoms with Crippen molar-refractivity contribution in [2.24, 2.45) is 5.73 Å². The van der Waals surface area contributed by atoms with Gasteiger partial charge in [0.15, 0.2) is 0 Å².